The van der Waals surface area contributed by atoms with E-state index in [1.807, 2.05) is 0 Å². The minimum Gasteiger partial charge on any atom is -0.467 e. The molecule has 0 amide bonds. The van der Waals surface area contributed by atoms with Crippen LogP contribution in [-0.2, 0) is 9.53 Å². The highest BCUT2D eigenvalue weighted by Gasteiger charge is 2.59. The second-order valence-electron chi connectivity index (χ2n) is 7.56. The zero-order valence-electron chi connectivity index (χ0n) is 14.3. The first kappa shape index (κ1) is 14.5. The molecule has 0 aromatic heterocycles. The van der Waals surface area contributed by atoms with Crippen molar-refractivity contribution in [1.29, 1.82) is 0 Å². The number of para-hydroxylation sites is 1. The number of nitrogens with zero attached hydrogens (tertiary/aromatic N) is 2. The Kier molecular flexibility index (Phi) is 3.08. The lowest BCUT2D eigenvalue weighted by molar-refractivity contribution is -0.145. The van der Waals surface area contributed by atoms with E-state index < -0.39 is 0 Å². The summed E-state index contributed by atoms with van der Waals surface area (Å²) in [5.74, 6) is 0.764. The lowest BCUT2D eigenvalue weighted by Crippen LogP contribution is -2.69. The van der Waals surface area contributed by atoms with Gasteiger partial charge in [0.1, 0.15) is 6.04 Å². The van der Waals surface area contributed by atoms with Gasteiger partial charge < -0.3 is 9.64 Å². The molecule has 4 aliphatic heterocycles. The van der Waals surface area contributed by atoms with E-state index in [-0.39, 0.29) is 17.9 Å². The van der Waals surface area contributed by atoms with Gasteiger partial charge in [0, 0.05) is 30.1 Å². The van der Waals surface area contributed by atoms with Crippen LogP contribution in [0.2, 0.25) is 0 Å². The fourth-order valence-corrected chi connectivity index (χ4v) is 5.85. The molecule has 4 heteroatoms. The van der Waals surface area contributed by atoms with Gasteiger partial charge in [-0.3, -0.25) is 4.90 Å². The summed E-state index contributed by atoms with van der Waals surface area (Å²) in [5, 5.41) is 0. The van der Waals surface area contributed by atoms with Gasteiger partial charge in [0.2, 0.25) is 0 Å². The molecule has 0 aliphatic carbocycles. The van der Waals surface area contributed by atoms with Gasteiger partial charge in [-0.2, -0.15) is 0 Å². The summed E-state index contributed by atoms with van der Waals surface area (Å²) in [5.41, 5.74) is 4.10. The molecular formula is C20H24N2O2. The predicted molar refractivity (Wildman–Crippen MR) is 93.1 cm³/mol. The molecule has 2 bridgehead atoms. The molecule has 0 unspecified atom stereocenters. The molecule has 0 spiro atoms. The molecule has 5 atom stereocenters. The highest BCUT2D eigenvalue weighted by atomic mass is 16.5. The number of piperidine rings is 3. The third-order valence-corrected chi connectivity index (χ3v) is 6.79. The average molecular weight is 324 g/mol. The van der Waals surface area contributed by atoms with Gasteiger partial charge in [0.15, 0.2) is 0 Å². The van der Waals surface area contributed by atoms with Crippen LogP contribution in [0.5, 0.6) is 0 Å². The standard InChI is InChI=1S/C20H24N2O2/c1-3-12-11-21-9-8-14-13-6-4-5-7-16(13)22-18(14)17(21)10-15(12)19(22)20(23)24-2/h3-7,14-15,17-19H,8-11H2,1-2H3/b12-3-/t14-,15+,17+,18+,19+/m1/s1. The van der Waals surface area contributed by atoms with E-state index in [9.17, 15) is 4.79 Å². The number of ether oxygens (including phenoxy) is 1. The molecule has 0 saturated carbocycles. The van der Waals surface area contributed by atoms with Crippen molar-refractivity contribution in [1.82, 2.24) is 4.90 Å². The summed E-state index contributed by atoms with van der Waals surface area (Å²) in [6.07, 6.45) is 4.50. The second-order valence-corrected chi connectivity index (χ2v) is 7.56. The Morgan fingerprint density at radius 1 is 1.29 bits per heavy atom. The largest absolute Gasteiger partial charge is 0.467 e. The van der Waals surface area contributed by atoms with Crippen LogP contribution in [0.25, 0.3) is 0 Å². The molecule has 5 rings (SSSR count). The zero-order chi connectivity index (χ0) is 16.4. The lowest BCUT2D eigenvalue weighted by atomic mass is 9.69. The van der Waals surface area contributed by atoms with Gasteiger partial charge in [0.25, 0.3) is 0 Å². The molecule has 126 valence electrons. The summed E-state index contributed by atoms with van der Waals surface area (Å²) in [6.45, 7) is 4.30. The molecule has 4 nitrogen and oxygen atoms in total. The number of carbonyl (C=O) groups is 1. The van der Waals surface area contributed by atoms with Gasteiger partial charge >= 0.3 is 5.97 Å². The predicted octanol–water partition coefficient (Wildman–Crippen LogP) is 2.55. The van der Waals surface area contributed by atoms with Crippen molar-refractivity contribution >= 4 is 11.7 Å². The summed E-state index contributed by atoms with van der Waals surface area (Å²) < 4.78 is 5.26. The number of fused-ring (bicyclic) bond motifs is 4. The maximum absolute atomic E-state index is 12.8. The van der Waals surface area contributed by atoms with E-state index in [2.05, 4.69) is 47.1 Å². The van der Waals surface area contributed by atoms with Gasteiger partial charge in [0.05, 0.1) is 13.2 Å². The quantitative estimate of drug-likeness (QED) is 0.587. The molecule has 1 aromatic carbocycles. The van der Waals surface area contributed by atoms with Crippen LogP contribution in [0.1, 0.15) is 31.2 Å². The molecular weight excluding hydrogens is 300 g/mol. The van der Waals surface area contributed by atoms with E-state index in [0.29, 0.717) is 18.0 Å². The number of hydrogen-bond acceptors (Lipinski definition) is 4. The highest BCUT2D eigenvalue weighted by Crippen LogP contribution is 2.55. The summed E-state index contributed by atoms with van der Waals surface area (Å²) >= 11 is 0. The van der Waals surface area contributed by atoms with Gasteiger partial charge in [-0.25, -0.2) is 4.79 Å². The third-order valence-electron chi connectivity index (χ3n) is 6.79. The summed E-state index contributed by atoms with van der Waals surface area (Å²) in [6, 6.07) is 9.52. The number of carbonyl (C=O) groups excluding carboxylic acids is 1. The zero-order valence-corrected chi connectivity index (χ0v) is 14.3. The average Bonchev–Trinajstić information content (AvgIpc) is 2.96. The molecule has 0 radical (unpaired) electrons. The van der Waals surface area contributed by atoms with Crippen molar-refractivity contribution in [3.8, 4) is 0 Å². The lowest BCUT2D eigenvalue weighted by Gasteiger charge is -2.58. The Morgan fingerprint density at radius 2 is 2.12 bits per heavy atom. The SMILES string of the molecule is C/C=C1/CN2CC[C@@H]3c4ccccc4N4[C@@H]3[C@@H]2C[C@@H]1[C@H]4C(=O)OC. The number of allylic oxidation sites excluding steroid dienone is 1. The maximum Gasteiger partial charge on any atom is 0.329 e. The Bertz CT molecular complexity index is 728. The Balaban J connectivity index is 1.71. The number of anilines is 1. The van der Waals surface area contributed by atoms with Crippen molar-refractivity contribution in [3.63, 3.8) is 0 Å². The van der Waals surface area contributed by atoms with Crippen LogP contribution in [0.15, 0.2) is 35.9 Å². The maximum atomic E-state index is 12.8. The van der Waals surface area contributed by atoms with Gasteiger partial charge in [-0.15, -0.1) is 0 Å². The van der Waals surface area contributed by atoms with E-state index in [4.69, 9.17) is 4.74 Å². The normalized spacial score (nSPS) is 38.2. The van der Waals surface area contributed by atoms with Crippen molar-refractivity contribution < 1.29 is 9.53 Å². The smallest absolute Gasteiger partial charge is 0.329 e. The van der Waals surface area contributed by atoms with E-state index in [1.165, 1.54) is 36.9 Å². The first-order valence-electron chi connectivity index (χ1n) is 9.08. The number of methoxy groups -OCH3 is 1. The van der Waals surface area contributed by atoms with Crippen molar-refractivity contribution in [2.45, 2.75) is 43.8 Å². The topological polar surface area (TPSA) is 32.8 Å². The van der Waals surface area contributed by atoms with Gasteiger partial charge in [-0.1, -0.05) is 29.8 Å². The Labute approximate surface area is 143 Å². The third kappa shape index (κ3) is 1.70. The first-order valence-corrected chi connectivity index (χ1v) is 9.08. The van der Waals surface area contributed by atoms with Crippen LogP contribution < -0.4 is 4.90 Å². The van der Waals surface area contributed by atoms with Crippen LogP contribution in [-0.4, -0.2) is 49.2 Å². The van der Waals surface area contributed by atoms with Crippen molar-refractivity contribution in [2.24, 2.45) is 5.92 Å². The summed E-state index contributed by atoms with van der Waals surface area (Å²) in [4.78, 5) is 17.9. The molecule has 24 heavy (non-hydrogen) atoms. The monoisotopic (exact) mass is 324 g/mol. The Morgan fingerprint density at radius 3 is 2.92 bits per heavy atom. The fraction of sp³-hybridized carbons (Fsp3) is 0.550. The molecule has 4 aliphatic rings. The minimum atomic E-state index is -0.172. The van der Waals surface area contributed by atoms with E-state index in [0.717, 1.165) is 13.0 Å². The van der Waals surface area contributed by atoms with Crippen molar-refractivity contribution in [2.75, 3.05) is 25.1 Å². The molecule has 4 heterocycles. The fourth-order valence-electron chi connectivity index (χ4n) is 5.85. The van der Waals surface area contributed by atoms with E-state index in [1.54, 1.807) is 0 Å². The molecule has 0 N–H and O–H groups in total. The van der Waals surface area contributed by atoms with Crippen LogP contribution in [0, 0.1) is 5.92 Å². The Hall–Kier alpha value is -1.81. The van der Waals surface area contributed by atoms with Crippen LogP contribution in [0.3, 0.4) is 0 Å². The summed E-state index contributed by atoms with van der Waals surface area (Å²) in [7, 11) is 1.53. The minimum absolute atomic E-state index is 0.0766. The number of esters is 1. The molecule has 1 aromatic rings. The number of rotatable bonds is 1. The second kappa shape index (κ2) is 5.09. The van der Waals surface area contributed by atoms with Crippen LogP contribution in [0.4, 0.5) is 5.69 Å². The van der Waals surface area contributed by atoms with Gasteiger partial charge in [-0.05, 0) is 37.9 Å². The van der Waals surface area contributed by atoms with Crippen molar-refractivity contribution in [3.05, 3.63) is 41.5 Å². The number of benzene rings is 1. The molecule has 3 fully saturated rings. The van der Waals surface area contributed by atoms with Crippen LogP contribution >= 0.6 is 0 Å². The molecule has 3 saturated heterocycles. The highest BCUT2D eigenvalue weighted by molar-refractivity contribution is 5.84. The number of hydrogen-bond donors (Lipinski definition) is 0. The first-order chi connectivity index (χ1) is 11.7. The van der Waals surface area contributed by atoms with E-state index >= 15 is 0 Å².